The number of imide groups is 1. The number of carbonyl (C=O) groups is 3. The molecule has 2 N–H and O–H groups in total. The maximum atomic E-state index is 12.7. The maximum absolute atomic E-state index is 12.7. The third kappa shape index (κ3) is 3.72. The van der Waals surface area contributed by atoms with Crippen LogP contribution in [0.25, 0.3) is 0 Å². The Labute approximate surface area is 155 Å². The SMILES string of the molecule is Cc1ccc(N2C(=O)SC(CC(=O)Nc3cccc(O)c3)C2=O)c(C)c1. The van der Waals surface area contributed by atoms with E-state index in [4.69, 9.17) is 0 Å². The van der Waals surface area contributed by atoms with Crippen molar-refractivity contribution >= 4 is 40.2 Å². The number of phenolic OH excluding ortho intramolecular Hbond substituents is 1. The minimum Gasteiger partial charge on any atom is -0.508 e. The Morgan fingerprint density at radius 1 is 1.19 bits per heavy atom. The molecule has 1 heterocycles. The lowest BCUT2D eigenvalue weighted by Crippen LogP contribution is -2.33. The third-order valence-corrected chi connectivity index (χ3v) is 5.05. The fourth-order valence-corrected chi connectivity index (χ4v) is 3.80. The Morgan fingerprint density at radius 2 is 1.96 bits per heavy atom. The molecule has 6 nitrogen and oxygen atoms in total. The van der Waals surface area contributed by atoms with Crippen molar-refractivity contribution in [3.8, 4) is 5.75 Å². The molecular formula is C19H18N2O4S. The summed E-state index contributed by atoms with van der Waals surface area (Å²) in [5.74, 6) is -0.750. The van der Waals surface area contributed by atoms with Crippen LogP contribution >= 0.6 is 11.8 Å². The summed E-state index contributed by atoms with van der Waals surface area (Å²) in [4.78, 5) is 38.3. The van der Waals surface area contributed by atoms with Gasteiger partial charge >= 0.3 is 0 Å². The molecule has 3 rings (SSSR count). The molecule has 26 heavy (non-hydrogen) atoms. The summed E-state index contributed by atoms with van der Waals surface area (Å²) in [5, 5.41) is 10.9. The molecule has 2 aromatic rings. The molecule has 134 valence electrons. The molecule has 1 atom stereocenters. The Balaban J connectivity index is 1.71. The van der Waals surface area contributed by atoms with E-state index >= 15 is 0 Å². The van der Waals surface area contributed by atoms with Gasteiger partial charge in [0.05, 0.1) is 5.69 Å². The number of hydrogen-bond acceptors (Lipinski definition) is 5. The Kier molecular flexibility index (Phi) is 4.99. The monoisotopic (exact) mass is 370 g/mol. The summed E-state index contributed by atoms with van der Waals surface area (Å²) in [6, 6.07) is 11.6. The van der Waals surface area contributed by atoms with Gasteiger partial charge in [-0.1, -0.05) is 23.8 Å². The standard InChI is InChI=1S/C19H18N2O4S/c1-11-6-7-15(12(2)8-11)21-18(24)16(26-19(21)25)10-17(23)20-13-4-3-5-14(22)9-13/h3-9,16,22H,10H2,1-2H3,(H,20,23). The number of anilines is 2. The zero-order valence-electron chi connectivity index (χ0n) is 14.4. The van der Waals surface area contributed by atoms with E-state index in [0.717, 1.165) is 27.8 Å². The summed E-state index contributed by atoms with van der Waals surface area (Å²) in [5.41, 5.74) is 2.86. The first-order chi connectivity index (χ1) is 12.3. The molecule has 3 amide bonds. The molecule has 1 fully saturated rings. The average Bonchev–Trinajstić information content (AvgIpc) is 2.82. The zero-order valence-corrected chi connectivity index (χ0v) is 15.2. The lowest BCUT2D eigenvalue weighted by atomic mass is 10.1. The van der Waals surface area contributed by atoms with Crippen LogP contribution in [0.15, 0.2) is 42.5 Å². The lowest BCUT2D eigenvalue weighted by Gasteiger charge is -2.17. The molecule has 0 bridgehead atoms. The summed E-state index contributed by atoms with van der Waals surface area (Å²) < 4.78 is 0. The molecule has 0 aromatic heterocycles. The first-order valence-electron chi connectivity index (χ1n) is 8.06. The Bertz CT molecular complexity index is 897. The summed E-state index contributed by atoms with van der Waals surface area (Å²) >= 11 is 0.859. The van der Waals surface area contributed by atoms with E-state index in [1.807, 2.05) is 26.0 Å². The van der Waals surface area contributed by atoms with Crippen LogP contribution in [0.2, 0.25) is 0 Å². The van der Waals surface area contributed by atoms with Crippen molar-refractivity contribution in [2.45, 2.75) is 25.5 Å². The second kappa shape index (κ2) is 7.21. The van der Waals surface area contributed by atoms with Crippen LogP contribution in [0.5, 0.6) is 5.75 Å². The minimum atomic E-state index is -0.763. The van der Waals surface area contributed by atoms with Crippen LogP contribution in [-0.4, -0.2) is 27.4 Å². The summed E-state index contributed by atoms with van der Waals surface area (Å²) in [6.07, 6.45) is -0.119. The highest BCUT2D eigenvalue weighted by Crippen LogP contribution is 2.35. The highest BCUT2D eigenvalue weighted by atomic mass is 32.2. The van der Waals surface area contributed by atoms with Crippen LogP contribution in [0.3, 0.4) is 0 Å². The van der Waals surface area contributed by atoms with Crippen molar-refractivity contribution in [1.29, 1.82) is 0 Å². The van der Waals surface area contributed by atoms with Crippen molar-refractivity contribution < 1.29 is 19.5 Å². The first kappa shape index (κ1) is 18.0. The molecule has 1 aliphatic heterocycles. The van der Waals surface area contributed by atoms with Gasteiger partial charge in [0.25, 0.3) is 5.24 Å². The predicted molar refractivity (Wildman–Crippen MR) is 102 cm³/mol. The molecular weight excluding hydrogens is 352 g/mol. The maximum Gasteiger partial charge on any atom is 0.293 e. The number of carbonyl (C=O) groups excluding carboxylic acids is 3. The first-order valence-corrected chi connectivity index (χ1v) is 8.94. The number of hydrogen-bond donors (Lipinski definition) is 2. The highest BCUT2D eigenvalue weighted by molar-refractivity contribution is 8.15. The molecule has 0 aliphatic carbocycles. The second-order valence-corrected chi connectivity index (χ2v) is 7.29. The molecule has 0 spiro atoms. The Hall–Kier alpha value is -2.80. The van der Waals surface area contributed by atoms with Gasteiger partial charge in [0.2, 0.25) is 11.8 Å². The number of phenols is 1. The number of aromatic hydroxyl groups is 1. The van der Waals surface area contributed by atoms with Crippen molar-refractivity contribution in [2.75, 3.05) is 10.2 Å². The van der Waals surface area contributed by atoms with Crippen LogP contribution in [0, 0.1) is 13.8 Å². The molecule has 0 radical (unpaired) electrons. The van der Waals surface area contributed by atoms with E-state index in [0.29, 0.717) is 11.4 Å². The lowest BCUT2D eigenvalue weighted by molar-refractivity contribution is -0.121. The Morgan fingerprint density at radius 3 is 2.65 bits per heavy atom. The average molecular weight is 370 g/mol. The number of aryl methyl sites for hydroxylation is 2. The normalized spacial score (nSPS) is 16.8. The zero-order chi connectivity index (χ0) is 18.8. The molecule has 2 aromatic carbocycles. The number of nitrogens with zero attached hydrogens (tertiary/aromatic N) is 1. The van der Waals surface area contributed by atoms with Gasteiger partial charge in [-0.3, -0.25) is 14.4 Å². The van der Waals surface area contributed by atoms with Crippen molar-refractivity contribution in [3.05, 3.63) is 53.6 Å². The van der Waals surface area contributed by atoms with E-state index in [1.165, 1.54) is 12.1 Å². The van der Waals surface area contributed by atoms with E-state index in [-0.39, 0.29) is 17.4 Å². The number of thioether (sulfide) groups is 1. The molecule has 7 heteroatoms. The van der Waals surface area contributed by atoms with Crippen LogP contribution in [0.1, 0.15) is 17.5 Å². The highest BCUT2D eigenvalue weighted by Gasteiger charge is 2.42. The smallest absolute Gasteiger partial charge is 0.293 e. The van der Waals surface area contributed by atoms with Gasteiger partial charge in [-0.2, -0.15) is 0 Å². The third-order valence-electron chi connectivity index (χ3n) is 4.02. The van der Waals surface area contributed by atoms with Crippen molar-refractivity contribution in [1.82, 2.24) is 0 Å². The molecule has 1 unspecified atom stereocenters. The topological polar surface area (TPSA) is 86.7 Å². The molecule has 0 saturated carbocycles. The van der Waals surface area contributed by atoms with E-state index in [1.54, 1.807) is 18.2 Å². The van der Waals surface area contributed by atoms with Gasteiger partial charge < -0.3 is 10.4 Å². The van der Waals surface area contributed by atoms with Crippen LogP contribution < -0.4 is 10.2 Å². The largest absolute Gasteiger partial charge is 0.508 e. The summed E-state index contributed by atoms with van der Waals surface area (Å²) in [6.45, 7) is 3.78. The van der Waals surface area contributed by atoms with Gasteiger partial charge in [-0.05, 0) is 49.4 Å². The minimum absolute atomic E-state index is 0.0327. The van der Waals surface area contributed by atoms with Crippen molar-refractivity contribution in [3.63, 3.8) is 0 Å². The van der Waals surface area contributed by atoms with Gasteiger partial charge in [0.1, 0.15) is 11.0 Å². The van der Waals surface area contributed by atoms with Gasteiger partial charge in [-0.25, -0.2) is 4.90 Å². The molecule has 1 aliphatic rings. The fourth-order valence-electron chi connectivity index (χ4n) is 2.83. The fraction of sp³-hybridized carbons (Fsp3) is 0.211. The number of nitrogens with one attached hydrogen (secondary N) is 1. The quantitative estimate of drug-likeness (QED) is 0.859. The van der Waals surface area contributed by atoms with Crippen LogP contribution in [0.4, 0.5) is 16.2 Å². The van der Waals surface area contributed by atoms with E-state index in [9.17, 15) is 19.5 Å². The second-order valence-electron chi connectivity index (χ2n) is 6.14. The molecule has 1 saturated heterocycles. The van der Waals surface area contributed by atoms with Crippen molar-refractivity contribution in [2.24, 2.45) is 0 Å². The number of rotatable bonds is 4. The van der Waals surface area contributed by atoms with E-state index < -0.39 is 17.1 Å². The van der Waals surface area contributed by atoms with E-state index in [2.05, 4.69) is 5.32 Å². The number of benzene rings is 2. The number of amides is 3. The summed E-state index contributed by atoms with van der Waals surface area (Å²) in [7, 11) is 0. The van der Waals surface area contributed by atoms with Crippen LogP contribution in [-0.2, 0) is 9.59 Å². The van der Waals surface area contributed by atoms with Gasteiger partial charge in [-0.15, -0.1) is 0 Å². The predicted octanol–water partition coefficient (Wildman–Crippen LogP) is 3.61. The van der Waals surface area contributed by atoms with Gasteiger partial charge in [0, 0.05) is 18.2 Å². The van der Waals surface area contributed by atoms with Gasteiger partial charge in [0.15, 0.2) is 0 Å².